The molecular weight excluding hydrogens is 172 g/mol. The van der Waals surface area contributed by atoms with Crippen molar-refractivity contribution in [3.8, 4) is 0 Å². The molecule has 11 heavy (non-hydrogen) atoms. The van der Waals surface area contributed by atoms with Crippen LogP contribution in [0.1, 0.15) is 12.8 Å². The number of hydrogen-bond acceptors (Lipinski definition) is 3. The van der Waals surface area contributed by atoms with E-state index in [1.165, 1.54) is 6.04 Å². The average molecular weight is 192 g/mol. The van der Waals surface area contributed by atoms with E-state index in [1.807, 2.05) is 0 Å². The quantitative estimate of drug-likeness (QED) is 0.515. The molecule has 5 heteroatoms. The lowest BCUT2D eigenvalue weighted by Crippen LogP contribution is -2.25. The molecule has 0 radical (unpaired) electrons. The largest absolute Gasteiger partial charge is 0.466 e. The van der Waals surface area contributed by atoms with Crippen LogP contribution < -0.4 is 11.5 Å². The molecule has 3 nitrogen and oxygen atoms in total. The maximum atomic E-state index is 5.79. The molecule has 0 aliphatic heterocycles. The van der Waals surface area contributed by atoms with Crippen molar-refractivity contribution in [1.82, 2.24) is 0 Å². The molecule has 68 valence electrons. The average Bonchev–Trinajstić information content (AvgIpc) is 2.01. The zero-order valence-electron chi connectivity index (χ0n) is 7.55. The first-order chi connectivity index (χ1) is 5.20. The van der Waals surface area contributed by atoms with Crippen molar-refractivity contribution < 1.29 is 4.12 Å². The van der Waals surface area contributed by atoms with E-state index >= 15 is 0 Å². The third kappa shape index (κ3) is 6.70. The summed E-state index contributed by atoms with van der Waals surface area (Å²) in [7, 11) is 0.0601. The Morgan fingerprint density at radius 2 is 2.18 bits per heavy atom. The van der Waals surface area contributed by atoms with Crippen LogP contribution in [0.25, 0.3) is 0 Å². The molecule has 0 bridgehead atoms. The zero-order valence-corrected chi connectivity index (χ0v) is 10.7. The SMILES string of the molecule is C[SiH](CCC(N)CCN)O[SiH3]. The maximum Gasteiger partial charge on any atom is 0.159 e. The first-order valence-corrected chi connectivity index (χ1v) is 7.45. The number of nitrogens with two attached hydrogens (primary N) is 2. The lowest BCUT2D eigenvalue weighted by molar-refractivity contribution is 0.574. The van der Waals surface area contributed by atoms with E-state index in [-0.39, 0.29) is 0 Å². The Morgan fingerprint density at radius 3 is 2.64 bits per heavy atom. The van der Waals surface area contributed by atoms with Gasteiger partial charge in [-0.2, -0.15) is 0 Å². The summed E-state index contributed by atoms with van der Waals surface area (Å²) >= 11 is 0. The maximum absolute atomic E-state index is 5.79. The first-order valence-electron chi connectivity index (χ1n) is 4.19. The number of rotatable bonds is 6. The van der Waals surface area contributed by atoms with E-state index < -0.39 is 9.04 Å². The summed E-state index contributed by atoms with van der Waals surface area (Å²) in [4.78, 5) is 0. The van der Waals surface area contributed by atoms with Crippen molar-refractivity contribution in [2.45, 2.75) is 31.5 Å². The van der Waals surface area contributed by atoms with Crippen molar-refractivity contribution >= 4 is 19.5 Å². The topological polar surface area (TPSA) is 61.3 Å². The summed E-state index contributed by atoms with van der Waals surface area (Å²) in [6.45, 7) is 2.93. The van der Waals surface area contributed by atoms with E-state index in [2.05, 4.69) is 6.55 Å². The normalized spacial score (nSPS) is 16.6. The lowest BCUT2D eigenvalue weighted by atomic mass is 10.2. The van der Waals surface area contributed by atoms with Crippen molar-refractivity contribution in [2.75, 3.05) is 6.54 Å². The Kier molecular flexibility index (Phi) is 7.19. The van der Waals surface area contributed by atoms with Gasteiger partial charge in [0, 0.05) is 6.04 Å². The molecule has 0 amide bonds. The van der Waals surface area contributed by atoms with Gasteiger partial charge in [0.15, 0.2) is 9.04 Å². The van der Waals surface area contributed by atoms with Gasteiger partial charge in [0.1, 0.15) is 10.5 Å². The molecule has 2 atom stereocenters. The van der Waals surface area contributed by atoms with E-state index in [0.717, 1.165) is 23.3 Å². The van der Waals surface area contributed by atoms with E-state index in [1.54, 1.807) is 0 Å². The van der Waals surface area contributed by atoms with Gasteiger partial charge in [-0.1, -0.05) is 0 Å². The highest BCUT2D eigenvalue weighted by atomic mass is 28.3. The molecule has 0 aromatic rings. The van der Waals surface area contributed by atoms with Gasteiger partial charge in [-0.25, -0.2) is 0 Å². The Labute approximate surface area is 73.8 Å². The van der Waals surface area contributed by atoms with Crippen LogP contribution in [-0.4, -0.2) is 32.1 Å². The van der Waals surface area contributed by atoms with Gasteiger partial charge in [0.2, 0.25) is 0 Å². The Morgan fingerprint density at radius 1 is 1.55 bits per heavy atom. The van der Waals surface area contributed by atoms with E-state index in [9.17, 15) is 0 Å². The molecular formula is C6H20N2OSi2. The van der Waals surface area contributed by atoms with Crippen LogP contribution in [0.2, 0.25) is 12.6 Å². The Hall–Kier alpha value is 0.314. The van der Waals surface area contributed by atoms with Crippen LogP contribution in [0, 0.1) is 0 Å². The molecule has 0 aromatic heterocycles. The van der Waals surface area contributed by atoms with Gasteiger partial charge in [-0.05, 0) is 32.0 Å². The summed E-state index contributed by atoms with van der Waals surface area (Å²) in [5.41, 5.74) is 11.2. The standard InChI is InChI=1S/C6H20N2OSi2/c1-11(9-10)5-3-6(8)2-4-7/h6,11H,2-5,7-8H2,1,10H3. The van der Waals surface area contributed by atoms with E-state index in [4.69, 9.17) is 15.6 Å². The third-order valence-electron chi connectivity index (χ3n) is 1.88. The Bertz CT molecular complexity index is 94.7. The van der Waals surface area contributed by atoms with Gasteiger partial charge >= 0.3 is 0 Å². The molecule has 0 aliphatic carbocycles. The molecule has 0 fully saturated rings. The van der Waals surface area contributed by atoms with E-state index in [0.29, 0.717) is 12.6 Å². The fraction of sp³-hybridized carbons (Fsp3) is 1.00. The van der Waals surface area contributed by atoms with Crippen LogP contribution in [0.15, 0.2) is 0 Å². The molecule has 0 spiro atoms. The van der Waals surface area contributed by atoms with Crippen molar-refractivity contribution in [3.05, 3.63) is 0 Å². The highest BCUT2D eigenvalue weighted by Gasteiger charge is 2.05. The first kappa shape index (κ1) is 11.3. The summed E-state index contributed by atoms with van der Waals surface area (Å²) in [6, 6.07) is 1.50. The molecule has 2 unspecified atom stereocenters. The highest BCUT2D eigenvalue weighted by molar-refractivity contribution is 6.54. The van der Waals surface area contributed by atoms with Crippen LogP contribution in [0.5, 0.6) is 0 Å². The molecule has 0 aromatic carbocycles. The molecule has 0 aliphatic rings. The van der Waals surface area contributed by atoms with Crippen LogP contribution in [0.3, 0.4) is 0 Å². The van der Waals surface area contributed by atoms with Gasteiger partial charge in [0.05, 0.1) is 0 Å². The second-order valence-electron chi connectivity index (χ2n) is 2.96. The second-order valence-corrected chi connectivity index (χ2v) is 7.05. The zero-order chi connectivity index (χ0) is 8.69. The fourth-order valence-electron chi connectivity index (χ4n) is 0.925. The monoisotopic (exact) mass is 192 g/mol. The van der Waals surface area contributed by atoms with Crippen LogP contribution in [0.4, 0.5) is 0 Å². The van der Waals surface area contributed by atoms with Gasteiger partial charge in [-0.15, -0.1) is 0 Å². The predicted octanol–water partition coefficient (Wildman–Crippen LogP) is -1.30. The predicted molar refractivity (Wildman–Crippen MR) is 55.1 cm³/mol. The second kappa shape index (κ2) is 6.99. The van der Waals surface area contributed by atoms with Crippen LogP contribution >= 0.6 is 0 Å². The molecule has 0 saturated heterocycles. The molecule has 0 rings (SSSR count). The number of hydrogen-bond donors (Lipinski definition) is 2. The smallest absolute Gasteiger partial charge is 0.159 e. The Balaban J connectivity index is 3.22. The molecule has 0 heterocycles. The van der Waals surface area contributed by atoms with Crippen molar-refractivity contribution in [2.24, 2.45) is 11.5 Å². The molecule has 4 N–H and O–H groups in total. The lowest BCUT2D eigenvalue weighted by Gasteiger charge is -2.12. The summed E-state index contributed by atoms with van der Waals surface area (Å²) < 4.78 is 5.37. The third-order valence-corrected chi connectivity index (χ3v) is 6.25. The highest BCUT2D eigenvalue weighted by Crippen LogP contribution is 2.02. The summed E-state index contributed by atoms with van der Waals surface area (Å²) in [6.07, 6.45) is 2.04. The fourth-order valence-corrected chi connectivity index (χ4v) is 2.77. The van der Waals surface area contributed by atoms with Gasteiger partial charge < -0.3 is 15.6 Å². The summed E-state index contributed by atoms with van der Waals surface area (Å²) in [5, 5.41) is 0. The minimum absolute atomic E-state index is 0.298. The van der Waals surface area contributed by atoms with Gasteiger partial charge in [-0.3, -0.25) is 0 Å². The van der Waals surface area contributed by atoms with Crippen molar-refractivity contribution in [1.29, 1.82) is 0 Å². The summed E-state index contributed by atoms with van der Waals surface area (Å²) in [5.74, 6) is 0. The van der Waals surface area contributed by atoms with Crippen LogP contribution in [-0.2, 0) is 4.12 Å². The minimum atomic E-state index is -0.822. The van der Waals surface area contributed by atoms with Gasteiger partial charge in [0.25, 0.3) is 0 Å². The molecule has 0 saturated carbocycles. The van der Waals surface area contributed by atoms with Crippen molar-refractivity contribution in [3.63, 3.8) is 0 Å². The minimum Gasteiger partial charge on any atom is -0.466 e.